The van der Waals surface area contributed by atoms with Gasteiger partial charge in [0.1, 0.15) is 6.04 Å². The summed E-state index contributed by atoms with van der Waals surface area (Å²) in [6.07, 6.45) is 1.26. The van der Waals surface area contributed by atoms with Crippen LogP contribution in [0.15, 0.2) is 36.5 Å². The summed E-state index contributed by atoms with van der Waals surface area (Å²) >= 11 is 0. The Hall–Kier alpha value is -2.96. The van der Waals surface area contributed by atoms with Crippen molar-refractivity contribution in [1.29, 1.82) is 0 Å². The maximum absolute atomic E-state index is 12.4. The maximum atomic E-state index is 12.4. The van der Waals surface area contributed by atoms with Gasteiger partial charge in [0.15, 0.2) is 0 Å². The smallest absolute Gasteiger partial charge is 0.328 e. The fourth-order valence-corrected chi connectivity index (χ4v) is 2.11. The third kappa shape index (κ3) is 3.82. The minimum atomic E-state index is -1.13. The van der Waals surface area contributed by atoms with Gasteiger partial charge in [0.25, 0.3) is 5.91 Å². The number of rotatable bonds is 5. The molecule has 1 aromatic carbocycles. The van der Waals surface area contributed by atoms with Crippen molar-refractivity contribution in [3.63, 3.8) is 0 Å². The van der Waals surface area contributed by atoms with Crippen LogP contribution in [0.25, 0.3) is 10.9 Å². The molecule has 1 aromatic heterocycles. The zero-order chi connectivity index (χ0) is 16.8. The van der Waals surface area contributed by atoms with Crippen molar-refractivity contribution in [2.75, 3.05) is 14.2 Å². The molecule has 0 saturated carbocycles. The highest BCUT2D eigenvalue weighted by molar-refractivity contribution is 6.06. The molecule has 0 fully saturated rings. The Labute approximate surface area is 132 Å². The van der Waals surface area contributed by atoms with Gasteiger partial charge in [-0.15, -0.1) is 0 Å². The van der Waals surface area contributed by atoms with Crippen LogP contribution in [0.1, 0.15) is 16.8 Å². The summed E-state index contributed by atoms with van der Waals surface area (Å²) in [7, 11) is 2.38. The summed E-state index contributed by atoms with van der Waals surface area (Å²) in [5.41, 5.74) is 0.816. The molecular weight excluding hydrogens is 300 g/mol. The summed E-state index contributed by atoms with van der Waals surface area (Å²) in [5, 5.41) is 3.28. The lowest BCUT2D eigenvalue weighted by Crippen LogP contribution is -2.43. The van der Waals surface area contributed by atoms with Gasteiger partial charge in [-0.1, -0.05) is 18.2 Å². The second-order valence-corrected chi connectivity index (χ2v) is 4.71. The van der Waals surface area contributed by atoms with Gasteiger partial charge in [-0.3, -0.25) is 14.6 Å². The number of hydrogen-bond donors (Lipinski definition) is 1. The minimum absolute atomic E-state index is 0.307. The van der Waals surface area contributed by atoms with Crippen LogP contribution < -0.4 is 5.32 Å². The van der Waals surface area contributed by atoms with Gasteiger partial charge in [-0.2, -0.15) is 0 Å². The van der Waals surface area contributed by atoms with E-state index in [1.165, 1.54) is 14.2 Å². The molecule has 1 heterocycles. The van der Waals surface area contributed by atoms with Crippen LogP contribution in [0.2, 0.25) is 0 Å². The molecule has 0 aliphatic carbocycles. The van der Waals surface area contributed by atoms with Crippen molar-refractivity contribution in [2.45, 2.75) is 12.5 Å². The number of esters is 2. The van der Waals surface area contributed by atoms with E-state index in [0.717, 1.165) is 5.39 Å². The Morgan fingerprint density at radius 2 is 1.87 bits per heavy atom. The minimum Gasteiger partial charge on any atom is -0.469 e. The Balaban J connectivity index is 2.26. The molecule has 0 saturated heterocycles. The van der Waals surface area contributed by atoms with E-state index >= 15 is 0 Å². The molecule has 120 valence electrons. The monoisotopic (exact) mass is 316 g/mol. The Kier molecular flexibility index (Phi) is 5.24. The second-order valence-electron chi connectivity index (χ2n) is 4.71. The van der Waals surface area contributed by atoms with E-state index in [-0.39, 0.29) is 6.42 Å². The van der Waals surface area contributed by atoms with Crippen LogP contribution in [0.3, 0.4) is 0 Å². The number of aromatic nitrogens is 1. The lowest BCUT2D eigenvalue weighted by atomic mass is 10.1. The summed E-state index contributed by atoms with van der Waals surface area (Å²) in [5.74, 6) is -1.87. The number of hydrogen-bond acceptors (Lipinski definition) is 6. The molecule has 0 radical (unpaired) electrons. The first-order chi connectivity index (χ1) is 11.1. The first-order valence-electron chi connectivity index (χ1n) is 6.86. The van der Waals surface area contributed by atoms with E-state index in [2.05, 4.69) is 19.8 Å². The fraction of sp³-hybridized carbons (Fsp3) is 0.250. The van der Waals surface area contributed by atoms with Gasteiger partial charge in [0.05, 0.1) is 31.7 Å². The number of nitrogens with zero attached hydrogens (tertiary/aromatic N) is 1. The highest BCUT2D eigenvalue weighted by atomic mass is 16.5. The average Bonchev–Trinajstić information content (AvgIpc) is 2.59. The first kappa shape index (κ1) is 16.4. The molecule has 0 bridgehead atoms. The molecule has 0 unspecified atom stereocenters. The van der Waals surface area contributed by atoms with Crippen LogP contribution in [0.5, 0.6) is 0 Å². The second kappa shape index (κ2) is 7.35. The van der Waals surface area contributed by atoms with E-state index in [1.807, 2.05) is 12.1 Å². The van der Waals surface area contributed by atoms with E-state index in [0.29, 0.717) is 11.1 Å². The van der Waals surface area contributed by atoms with Gasteiger partial charge in [0.2, 0.25) is 0 Å². The molecule has 7 nitrogen and oxygen atoms in total. The molecule has 0 aliphatic heterocycles. The molecule has 1 atom stereocenters. The van der Waals surface area contributed by atoms with Crippen molar-refractivity contribution >= 4 is 28.7 Å². The lowest BCUT2D eigenvalue weighted by molar-refractivity contribution is -0.149. The molecule has 1 amide bonds. The number of carbonyl (C=O) groups excluding carboxylic acids is 3. The van der Waals surface area contributed by atoms with Gasteiger partial charge in [-0.25, -0.2) is 4.79 Å². The molecule has 0 aliphatic rings. The number of pyridine rings is 1. The number of benzene rings is 1. The molecule has 2 rings (SSSR count). The number of para-hydroxylation sites is 1. The number of nitrogens with one attached hydrogen (secondary N) is 1. The zero-order valence-corrected chi connectivity index (χ0v) is 12.7. The molecule has 7 heteroatoms. The predicted molar refractivity (Wildman–Crippen MR) is 81.6 cm³/mol. The van der Waals surface area contributed by atoms with Crippen LogP contribution in [0, 0.1) is 0 Å². The Morgan fingerprint density at radius 1 is 1.13 bits per heavy atom. The molecular formula is C16H16N2O5. The normalized spacial score (nSPS) is 11.6. The summed E-state index contributed by atoms with van der Waals surface area (Å²) in [4.78, 5) is 39.7. The summed E-state index contributed by atoms with van der Waals surface area (Å²) in [6, 6.07) is 7.59. The van der Waals surface area contributed by atoms with E-state index < -0.39 is 23.9 Å². The number of fused-ring (bicyclic) bond motifs is 1. The molecule has 2 aromatic rings. The standard InChI is InChI=1S/C16H16N2O5/c1-22-13(19)9-12(16(21)23-2)18-15(20)11-7-3-5-10-6-4-8-17-14(10)11/h3-8,12H,9H2,1-2H3,(H,18,20)/t12-/m1/s1. The zero-order valence-electron chi connectivity index (χ0n) is 12.7. The van der Waals surface area contributed by atoms with E-state index in [1.54, 1.807) is 24.4 Å². The number of ether oxygens (including phenoxy) is 2. The predicted octanol–water partition coefficient (Wildman–Crippen LogP) is 1.07. The van der Waals surface area contributed by atoms with Gasteiger partial charge in [0, 0.05) is 11.6 Å². The third-order valence-corrected chi connectivity index (χ3v) is 3.27. The lowest BCUT2D eigenvalue weighted by Gasteiger charge is -2.15. The Bertz CT molecular complexity index is 739. The highest BCUT2D eigenvalue weighted by Crippen LogP contribution is 2.16. The van der Waals surface area contributed by atoms with Crippen LogP contribution >= 0.6 is 0 Å². The van der Waals surface area contributed by atoms with Crippen molar-refractivity contribution in [1.82, 2.24) is 10.3 Å². The SMILES string of the molecule is COC(=O)C[C@@H](NC(=O)c1cccc2cccnc12)C(=O)OC. The molecule has 0 spiro atoms. The molecule has 23 heavy (non-hydrogen) atoms. The third-order valence-electron chi connectivity index (χ3n) is 3.27. The quantitative estimate of drug-likeness (QED) is 0.829. The van der Waals surface area contributed by atoms with Crippen molar-refractivity contribution in [3.05, 3.63) is 42.1 Å². The summed E-state index contributed by atoms with van der Waals surface area (Å²) < 4.78 is 9.13. The van der Waals surface area contributed by atoms with Crippen LogP contribution in [-0.2, 0) is 19.1 Å². The highest BCUT2D eigenvalue weighted by Gasteiger charge is 2.26. The largest absolute Gasteiger partial charge is 0.469 e. The average molecular weight is 316 g/mol. The van der Waals surface area contributed by atoms with Crippen molar-refractivity contribution in [3.8, 4) is 0 Å². The Morgan fingerprint density at radius 3 is 2.57 bits per heavy atom. The van der Waals surface area contributed by atoms with Crippen LogP contribution in [0.4, 0.5) is 0 Å². The van der Waals surface area contributed by atoms with E-state index in [9.17, 15) is 14.4 Å². The number of carbonyl (C=O) groups is 3. The fourth-order valence-electron chi connectivity index (χ4n) is 2.11. The number of amides is 1. The molecule has 1 N–H and O–H groups in total. The van der Waals surface area contributed by atoms with E-state index in [4.69, 9.17) is 0 Å². The maximum Gasteiger partial charge on any atom is 0.328 e. The van der Waals surface area contributed by atoms with Gasteiger partial charge < -0.3 is 14.8 Å². The summed E-state index contributed by atoms with van der Waals surface area (Å²) in [6.45, 7) is 0. The first-order valence-corrected chi connectivity index (χ1v) is 6.86. The van der Waals surface area contributed by atoms with Crippen molar-refractivity contribution in [2.24, 2.45) is 0 Å². The van der Waals surface area contributed by atoms with Gasteiger partial charge in [-0.05, 0) is 12.1 Å². The van der Waals surface area contributed by atoms with Crippen LogP contribution in [-0.4, -0.2) is 43.1 Å². The topological polar surface area (TPSA) is 94.6 Å². The van der Waals surface area contributed by atoms with Crippen molar-refractivity contribution < 1.29 is 23.9 Å². The number of methoxy groups -OCH3 is 2. The van der Waals surface area contributed by atoms with Gasteiger partial charge >= 0.3 is 11.9 Å².